The predicted octanol–water partition coefficient (Wildman–Crippen LogP) is 4.48. The average molecular weight is 309 g/mol. The highest BCUT2D eigenvalue weighted by molar-refractivity contribution is 7.13. The minimum Gasteiger partial charge on any atom is -0.456 e. The zero-order chi connectivity index (χ0) is 15.4. The van der Waals surface area contributed by atoms with Crippen molar-refractivity contribution in [3.05, 3.63) is 76.8 Å². The predicted molar refractivity (Wildman–Crippen MR) is 87.8 cm³/mol. The molecule has 2 aromatic carbocycles. The smallest absolute Gasteiger partial charge is 0.358 e. The molecular weight excluding hydrogens is 294 g/mol. The summed E-state index contributed by atoms with van der Waals surface area (Å²) in [6.45, 7) is 2.27. The molecule has 0 atom stereocenters. The molecule has 0 amide bonds. The molecule has 3 nitrogen and oxygen atoms in total. The van der Waals surface area contributed by atoms with Gasteiger partial charge in [-0.05, 0) is 18.1 Å². The van der Waals surface area contributed by atoms with Crippen LogP contribution in [0.3, 0.4) is 0 Å². The van der Waals surface area contributed by atoms with E-state index in [1.165, 1.54) is 11.3 Å². The Kier molecular flexibility index (Phi) is 4.30. The largest absolute Gasteiger partial charge is 0.456 e. The number of carbonyl (C=O) groups is 1. The van der Waals surface area contributed by atoms with E-state index in [1.54, 1.807) is 5.38 Å². The number of carbonyl (C=O) groups excluding carboxylic acids is 1. The van der Waals surface area contributed by atoms with E-state index in [4.69, 9.17) is 4.74 Å². The standard InChI is InChI=1S/C18H15NO2S/c1-13-7-5-6-10-15(13)11-21-18(20)16-12-22-17(19-16)14-8-3-2-4-9-14/h2-10,12H,11H2,1H3. The van der Waals surface area contributed by atoms with E-state index in [9.17, 15) is 4.79 Å². The van der Waals surface area contributed by atoms with Gasteiger partial charge in [-0.3, -0.25) is 0 Å². The number of thiazole rings is 1. The number of hydrogen-bond acceptors (Lipinski definition) is 4. The molecule has 0 N–H and O–H groups in total. The van der Waals surface area contributed by atoms with Crippen molar-refractivity contribution < 1.29 is 9.53 Å². The summed E-state index contributed by atoms with van der Waals surface area (Å²) in [4.78, 5) is 16.5. The minimum absolute atomic E-state index is 0.268. The fourth-order valence-electron chi connectivity index (χ4n) is 2.07. The van der Waals surface area contributed by atoms with E-state index < -0.39 is 0 Å². The number of esters is 1. The molecule has 0 unspecified atom stereocenters. The second-order valence-electron chi connectivity index (χ2n) is 4.91. The summed E-state index contributed by atoms with van der Waals surface area (Å²) in [5.74, 6) is -0.387. The van der Waals surface area contributed by atoms with E-state index in [0.717, 1.165) is 21.7 Å². The SMILES string of the molecule is Cc1ccccc1COC(=O)c1csc(-c2ccccc2)n1. The number of ether oxygens (including phenoxy) is 1. The van der Waals surface area contributed by atoms with Gasteiger partial charge in [0, 0.05) is 10.9 Å². The number of rotatable bonds is 4. The molecule has 0 aliphatic rings. The molecule has 4 heteroatoms. The van der Waals surface area contributed by atoms with Crippen LogP contribution in [0, 0.1) is 6.92 Å². The van der Waals surface area contributed by atoms with Crippen LogP contribution >= 0.6 is 11.3 Å². The fraction of sp³-hybridized carbons (Fsp3) is 0.111. The monoisotopic (exact) mass is 309 g/mol. The molecule has 0 radical (unpaired) electrons. The van der Waals surface area contributed by atoms with Crippen LogP contribution in [-0.2, 0) is 11.3 Å². The molecule has 3 aromatic rings. The number of aromatic nitrogens is 1. The van der Waals surface area contributed by atoms with Crippen LogP contribution in [0.2, 0.25) is 0 Å². The summed E-state index contributed by atoms with van der Waals surface area (Å²) >= 11 is 1.44. The fourth-order valence-corrected chi connectivity index (χ4v) is 2.87. The van der Waals surface area contributed by atoms with Gasteiger partial charge in [-0.15, -0.1) is 11.3 Å². The molecule has 0 spiro atoms. The first kappa shape index (κ1) is 14.5. The Morgan fingerprint density at radius 2 is 1.82 bits per heavy atom. The van der Waals surface area contributed by atoms with Crippen molar-refractivity contribution in [1.29, 1.82) is 0 Å². The summed E-state index contributed by atoms with van der Waals surface area (Å²) in [6.07, 6.45) is 0. The highest BCUT2D eigenvalue weighted by Crippen LogP contribution is 2.23. The highest BCUT2D eigenvalue weighted by atomic mass is 32.1. The van der Waals surface area contributed by atoms with Crippen molar-refractivity contribution in [3.8, 4) is 10.6 Å². The topological polar surface area (TPSA) is 39.2 Å². The van der Waals surface area contributed by atoms with E-state index in [1.807, 2.05) is 61.5 Å². The van der Waals surface area contributed by atoms with Gasteiger partial charge >= 0.3 is 5.97 Å². The zero-order valence-electron chi connectivity index (χ0n) is 12.2. The Balaban J connectivity index is 1.69. The Hall–Kier alpha value is -2.46. The Bertz CT molecular complexity index is 781. The van der Waals surface area contributed by atoms with Gasteiger partial charge in [0.2, 0.25) is 0 Å². The third-order valence-corrected chi connectivity index (χ3v) is 4.25. The molecule has 1 heterocycles. The van der Waals surface area contributed by atoms with Gasteiger partial charge in [0.15, 0.2) is 5.69 Å². The molecule has 1 aromatic heterocycles. The minimum atomic E-state index is -0.387. The van der Waals surface area contributed by atoms with Gasteiger partial charge < -0.3 is 4.74 Å². The van der Waals surface area contributed by atoms with Crippen LogP contribution < -0.4 is 0 Å². The molecular formula is C18H15NO2S. The van der Waals surface area contributed by atoms with Crippen LogP contribution in [0.5, 0.6) is 0 Å². The van der Waals surface area contributed by atoms with E-state index in [-0.39, 0.29) is 12.6 Å². The van der Waals surface area contributed by atoms with Crippen molar-refractivity contribution >= 4 is 17.3 Å². The van der Waals surface area contributed by atoms with E-state index in [2.05, 4.69) is 4.98 Å². The highest BCUT2D eigenvalue weighted by Gasteiger charge is 2.13. The average Bonchev–Trinajstić information content (AvgIpc) is 3.05. The van der Waals surface area contributed by atoms with Crippen LogP contribution in [0.1, 0.15) is 21.6 Å². The molecule has 3 rings (SSSR count). The van der Waals surface area contributed by atoms with Gasteiger partial charge in [-0.1, -0.05) is 54.6 Å². The van der Waals surface area contributed by atoms with Gasteiger partial charge in [0.05, 0.1) is 0 Å². The Labute approximate surface area is 133 Å². The Morgan fingerprint density at radius 3 is 2.59 bits per heavy atom. The van der Waals surface area contributed by atoms with Crippen molar-refractivity contribution in [1.82, 2.24) is 4.98 Å². The van der Waals surface area contributed by atoms with E-state index in [0.29, 0.717) is 5.69 Å². The normalized spacial score (nSPS) is 10.4. The number of aryl methyl sites for hydroxylation is 1. The molecule has 110 valence electrons. The second kappa shape index (κ2) is 6.54. The lowest BCUT2D eigenvalue weighted by Crippen LogP contribution is -2.06. The maximum atomic E-state index is 12.1. The lowest BCUT2D eigenvalue weighted by atomic mass is 10.1. The molecule has 0 aliphatic heterocycles. The van der Waals surface area contributed by atoms with Crippen molar-refractivity contribution in [2.45, 2.75) is 13.5 Å². The summed E-state index contributed by atoms with van der Waals surface area (Å²) in [5, 5.41) is 2.56. The number of nitrogens with zero attached hydrogens (tertiary/aromatic N) is 1. The van der Waals surface area contributed by atoms with Crippen LogP contribution in [0.15, 0.2) is 60.0 Å². The first-order valence-electron chi connectivity index (χ1n) is 6.96. The molecule has 0 saturated carbocycles. The van der Waals surface area contributed by atoms with Gasteiger partial charge in [-0.25, -0.2) is 9.78 Å². The van der Waals surface area contributed by atoms with Crippen LogP contribution in [0.4, 0.5) is 0 Å². The van der Waals surface area contributed by atoms with Crippen LogP contribution in [0.25, 0.3) is 10.6 Å². The molecule has 22 heavy (non-hydrogen) atoms. The van der Waals surface area contributed by atoms with Gasteiger partial charge in [-0.2, -0.15) is 0 Å². The first-order valence-corrected chi connectivity index (χ1v) is 7.84. The maximum Gasteiger partial charge on any atom is 0.358 e. The molecule has 0 aliphatic carbocycles. The molecule has 0 saturated heterocycles. The lowest BCUT2D eigenvalue weighted by molar-refractivity contribution is 0.0466. The third-order valence-electron chi connectivity index (χ3n) is 3.35. The molecule has 0 fully saturated rings. The van der Waals surface area contributed by atoms with Gasteiger partial charge in [0.25, 0.3) is 0 Å². The van der Waals surface area contributed by atoms with Crippen molar-refractivity contribution in [2.24, 2.45) is 0 Å². The van der Waals surface area contributed by atoms with Crippen molar-refractivity contribution in [3.63, 3.8) is 0 Å². The first-order chi connectivity index (χ1) is 10.7. The third kappa shape index (κ3) is 3.23. The lowest BCUT2D eigenvalue weighted by Gasteiger charge is -2.05. The van der Waals surface area contributed by atoms with Crippen LogP contribution in [-0.4, -0.2) is 11.0 Å². The maximum absolute atomic E-state index is 12.1. The summed E-state index contributed by atoms with van der Waals surface area (Å²) in [6, 6.07) is 17.7. The summed E-state index contributed by atoms with van der Waals surface area (Å²) in [5.41, 5.74) is 3.48. The van der Waals surface area contributed by atoms with E-state index >= 15 is 0 Å². The number of hydrogen-bond donors (Lipinski definition) is 0. The number of benzene rings is 2. The Morgan fingerprint density at radius 1 is 1.09 bits per heavy atom. The summed E-state index contributed by atoms with van der Waals surface area (Å²) in [7, 11) is 0. The summed E-state index contributed by atoms with van der Waals surface area (Å²) < 4.78 is 5.35. The quantitative estimate of drug-likeness (QED) is 0.667. The molecule has 0 bridgehead atoms. The van der Waals surface area contributed by atoms with Gasteiger partial charge in [0.1, 0.15) is 11.6 Å². The zero-order valence-corrected chi connectivity index (χ0v) is 13.0. The second-order valence-corrected chi connectivity index (χ2v) is 5.76. The van der Waals surface area contributed by atoms with Crippen molar-refractivity contribution in [2.75, 3.05) is 0 Å².